The smallest absolute Gasteiger partial charge is 0.239 e. The van der Waals surface area contributed by atoms with Gasteiger partial charge in [0, 0.05) is 3.57 Å². The lowest BCUT2D eigenvalue weighted by Gasteiger charge is -2.04. The average Bonchev–Trinajstić information content (AvgIpc) is 2.22. The zero-order valence-electron chi connectivity index (χ0n) is 7.72. The Hall–Kier alpha value is -1.37. The molecule has 0 spiro atoms. The van der Waals surface area contributed by atoms with Crippen molar-refractivity contribution in [2.45, 2.75) is 0 Å². The predicted molar refractivity (Wildman–Crippen MR) is 65.7 cm³/mol. The number of ether oxygens (including phenoxy) is 1. The van der Waals surface area contributed by atoms with Gasteiger partial charge in [0.05, 0.1) is 12.4 Å². The van der Waals surface area contributed by atoms with Crippen LogP contribution in [0.2, 0.25) is 0 Å². The molecular weight excluding hydrogens is 305 g/mol. The highest BCUT2D eigenvalue weighted by atomic mass is 127. The van der Waals surface area contributed by atoms with Crippen LogP contribution in [-0.2, 0) is 0 Å². The third kappa shape index (κ3) is 2.79. The predicted octanol–water partition coefficient (Wildman–Crippen LogP) is 2.46. The molecule has 4 nitrogen and oxygen atoms in total. The van der Waals surface area contributed by atoms with Gasteiger partial charge in [-0.3, -0.25) is 4.98 Å². The highest BCUT2D eigenvalue weighted by Gasteiger charge is 1.99. The molecule has 1 aromatic carbocycles. The highest BCUT2D eigenvalue weighted by Crippen LogP contribution is 2.19. The number of aromatic nitrogens is 2. The lowest BCUT2D eigenvalue weighted by molar-refractivity contribution is 0.461. The number of anilines is 1. The zero-order valence-corrected chi connectivity index (χ0v) is 9.88. The van der Waals surface area contributed by atoms with Crippen molar-refractivity contribution in [3.05, 3.63) is 40.2 Å². The molecule has 0 bridgehead atoms. The molecular formula is C10H8IN3O. The van der Waals surface area contributed by atoms with Crippen LogP contribution in [0.1, 0.15) is 0 Å². The highest BCUT2D eigenvalue weighted by molar-refractivity contribution is 14.1. The van der Waals surface area contributed by atoms with Crippen LogP contribution in [-0.4, -0.2) is 9.97 Å². The van der Waals surface area contributed by atoms with Gasteiger partial charge in [-0.15, -0.1) is 0 Å². The molecule has 0 saturated carbocycles. The maximum Gasteiger partial charge on any atom is 0.239 e. The first-order chi connectivity index (χ1) is 7.24. The summed E-state index contributed by atoms with van der Waals surface area (Å²) in [6, 6.07) is 7.64. The van der Waals surface area contributed by atoms with Gasteiger partial charge in [-0.2, -0.15) is 4.98 Å². The summed E-state index contributed by atoms with van der Waals surface area (Å²) in [6.07, 6.45) is 3.00. The van der Waals surface area contributed by atoms with Crippen LogP contribution in [0.4, 0.5) is 5.82 Å². The van der Waals surface area contributed by atoms with E-state index in [4.69, 9.17) is 10.5 Å². The second-order valence-electron chi connectivity index (χ2n) is 2.84. The molecule has 15 heavy (non-hydrogen) atoms. The number of nitrogens with zero attached hydrogens (tertiary/aromatic N) is 2. The minimum Gasteiger partial charge on any atom is -0.437 e. The van der Waals surface area contributed by atoms with Crippen LogP contribution < -0.4 is 10.5 Å². The summed E-state index contributed by atoms with van der Waals surface area (Å²) in [5.74, 6) is 1.46. The van der Waals surface area contributed by atoms with Gasteiger partial charge in [0.25, 0.3) is 0 Å². The summed E-state index contributed by atoms with van der Waals surface area (Å²) in [7, 11) is 0. The first kappa shape index (κ1) is 10.2. The van der Waals surface area contributed by atoms with Crippen molar-refractivity contribution >= 4 is 28.4 Å². The molecule has 2 rings (SSSR count). The van der Waals surface area contributed by atoms with Gasteiger partial charge in [0.2, 0.25) is 5.88 Å². The van der Waals surface area contributed by atoms with Crippen molar-refractivity contribution in [3.63, 3.8) is 0 Å². The molecule has 0 amide bonds. The molecule has 0 saturated heterocycles. The van der Waals surface area contributed by atoms with Gasteiger partial charge in [-0.05, 0) is 46.9 Å². The van der Waals surface area contributed by atoms with Crippen LogP contribution >= 0.6 is 22.6 Å². The molecule has 0 radical (unpaired) electrons. The summed E-state index contributed by atoms with van der Waals surface area (Å²) in [6.45, 7) is 0. The first-order valence-corrected chi connectivity index (χ1v) is 5.33. The Balaban J connectivity index is 2.18. The molecule has 0 aliphatic carbocycles. The molecule has 76 valence electrons. The van der Waals surface area contributed by atoms with Gasteiger partial charge < -0.3 is 10.5 Å². The first-order valence-electron chi connectivity index (χ1n) is 4.25. The Bertz CT molecular complexity index is 458. The lowest BCUT2D eigenvalue weighted by atomic mass is 10.3. The number of nitrogen functional groups attached to an aromatic ring is 1. The fourth-order valence-electron chi connectivity index (χ4n) is 1.03. The molecule has 0 fully saturated rings. The normalized spacial score (nSPS) is 9.93. The largest absolute Gasteiger partial charge is 0.437 e. The number of hydrogen-bond acceptors (Lipinski definition) is 4. The summed E-state index contributed by atoms with van der Waals surface area (Å²) < 4.78 is 6.61. The number of benzene rings is 1. The molecule has 1 aromatic heterocycles. The molecule has 0 aliphatic heterocycles. The van der Waals surface area contributed by atoms with E-state index in [1.807, 2.05) is 24.3 Å². The summed E-state index contributed by atoms with van der Waals surface area (Å²) in [5, 5.41) is 0. The van der Waals surface area contributed by atoms with Crippen molar-refractivity contribution in [1.29, 1.82) is 0 Å². The Morgan fingerprint density at radius 3 is 2.53 bits per heavy atom. The molecule has 0 atom stereocenters. The molecule has 0 unspecified atom stereocenters. The van der Waals surface area contributed by atoms with E-state index in [-0.39, 0.29) is 0 Å². The maximum atomic E-state index is 5.48. The fourth-order valence-corrected chi connectivity index (χ4v) is 1.39. The third-order valence-corrected chi connectivity index (χ3v) is 2.39. The van der Waals surface area contributed by atoms with Crippen LogP contribution in [0, 0.1) is 3.57 Å². The van der Waals surface area contributed by atoms with E-state index < -0.39 is 0 Å². The standard InChI is InChI=1S/C10H8IN3O/c11-7-1-3-8(4-2-7)15-10-6-13-5-9(12)14-10/h1-6H,(H2,12,14). The Labute approximate surface area is 101 Å². The Morgan fingerprint density at radius 1 is 1.13 bits per heavy atom. The molecule has 2 aromatic rings. The van der Waals surface area contributed by atoms with E-state index in [1.165, 1.54) is 12.4 Å². The second kappa shape index (κ2) is 4.43. The van der Waals surface area contributed by atoms with Crippen molar-refractivity contribution < 1.29 is 4.74 Å². The molecule has 5 heteroatoms. The topological polar surface area (TPSA) is 61.0 Å². The van der Waals surface area contributed by atoms with Gasteiger partial charge in [-0.1, -0.05) is 0 Å². The average molecular weight is 313 g/mol. The number of hydrogen-bond donors (Lipinski definition) is 1. The number of halogens is 1. The van der Waals surface area contributed by atoms with Gasteiger partial charge in [0.15, 0.2) is 0 Å². The third-order valence-electron chi connectivity index (χ3n) is 1.67. The van der Waals surface area contributed by atoms with Crippen molar-refractivity contribution in [2.75, 3.05) is 5.73 Å². The quantitative estimate of drug-likeness (QED) is 0.865. The van der Waals surface area contributed by atoms with E-state index in [1.54, 1.807) is 0 Å². The Morgan fingerprint density at radius 2 is 1.87 bits per heavy atom. The Kier molecular flexibility index (Phi) is 3.00. The summed E-state index contributed by atoms with van der Waals surface area (Å²) in [4.78, 5) is 7.87. The van der Waals surface area contributed by atoms with Crippen LogP contribution in [0.5, 0.6) is 11.6 Å². The SMILES string of the molecule is Nc1cncc(Oc2ccc(I)cc2)n1. The van der Waals surface area contributed by atoms with E-state index in [0.29, 0.717) is 11.7 Å². The van der Waals surface area contributed by atoms with Crippen molar-refractivity contribution in [2.24, 2.45) is 0 Å². The maximum absolute atomic E-state index is 5.48. The minimum atomic E-state index is 0.345. The van der Waals surface area contributed by atoms with E-state index in [0.717, 1.165) is 9.32 Å². The second-order valence-corrected chi connectivity index (χ2v) is 4.08. The molecule has 1 heterocycles. The van der Waals surface area contributed by atoms with E-state index >= 15 is 0 Å². The minimum absolute atomic E-state index is 0.345. The van der Waals surface area contributed by atoms with E-state index in [2.05, 4.69) is 32.6 Å². The molecule has 2 N–H and O–H groups in total. The number of rotatable bonds is 2. The van der Waals surface area contributed by atoms with Gasteiger partial charge in [0.1, 0.15) is 11.6 Å². The monoisotopic (exact) mass is 313 g/mol. The zero-order chi connectivity index (χ0) is 10.7. The van der Waals surface area contributed by atoms with Crippen molar-refractivity contribution in [3.8, 4) is 11.6 Å². The van der Waals surface area contributed by atoms with Gasteiger partial charge in [-0.25, -0.2) is 0 Å². The van der Waals surface area contributed by atoms with Crippen LogP contribution in [0.15, 0.2) is 36.7 Å². The van der Waals surface area contributed by atoms with Crippen LogP contribution in [0.3, 0.4) is 0 Å². The lowest BCUT2D eigenvalue weighted by Crippen LogP contribution is -1.94. The van der Waals surface area contributed by atoms with Crippen LogP contribution in [0.25, 0.3) is 0 Å². The van der Waals surface area contributed by atoms with Crippen molar-refractivity contribution in [1.82, 2.24) is 9.97 Å². The van der Waals surface area contributed by atoms with Gasteiger partial charge >= 0.3 is 0 Å². The summed E-state index contributed by atoms with van der Waals surface area (Å²) in [5.41, 5.74) is 5.48. The fraction of sp³-hybridized carbons (Fsp3) is 0. The number of nitrogens with two attached hydrogens (primary N) is 1. The summed E-state index contributed by atoms with van der Waals surface area (Å²) >= 11 is 2.23. The van der Waals surface area contributed by atoms with E-state index in [9.17, 15) is 0 Å². The molecule has 0 aliphatic rings.